The zero-order valence-corrected chi connectivity index (χ0v) is 21.8. The van der Waals surface area contributed by atoms with Crippen molar-refractivity contribution in [2.45, 2.75) is 19.9 Å². The van der Waals surface area contributed by atoms with E-state index in [0.717, 1.165) is 4.70 Å². The predicted molar refractivity (Wildman–Crippen MR) is 146 cm³/mol. The fourth-order valence-electron chi connectivity index (χ4n) is 4.43. The highest BCUT2D eigenvalue weighted by Crippen LogP contribution is 2.45. The molecule has 1 saturated heterocycles. The number of nitro benzene ring substituents is 1. The van der Waals surface area contributed by atoms with Gasteiger partial charge < -0.3 is 14.6 Å². The van der Waals surface area contributed by atoms with Crippen molar-refractivity contribution in [2.24, 2.45) is 0 Å². The number of hydrogen-bond donors (Lipinski definition) is 1. The molecule has 0 spiro atoms. The summed E-state index contributed by atoms with van der Waals surface area (Å²) in [7, 11) is 0. The van der Waals surface area contributed by atoms with Gasteiger partial charge in [0, 0.05) is 17.7 Å². The largest absolute Gasteiger partial charge is 0.507 e. The Bertz CT molecular complexity index is 1630. The normalized spacial score (nSPS) is 16.6. The van der Waals surface area contributed by atoms with Gasteiger partial charge in [0.05, 0.1) is 40.0 Å². The minimum Gasteiger partial charge on any atom is -0.507 e. The number of nitro groups is 1. The highest BCUT2D eigenvalue weighted by atomic mass is 32.1. The Hall–Kier alpha value is -4.77. The summed E-state index contributed by atoms with van der Waals surface area (Å²) in [6.07, 6.45) is 0. The maximum Gasteiger partial charge on any atom is 0.301 e. The molecule has 1 aliphatic rings. The van der Waals surface area contributed by atoms with Gasteiger partial charge in [0.15, 0.2) is 5.13 Å². The minimum absolute atomic E-state index is 0.149. The second-order valence-electron chi connectivity index (χ2n) is 8.54. The number of non-ortho nitro benzene ring substituents is 1. The van der Waals surface area contributed by atoms with E-state index in [1.54, 1.807) is 42.5 Å². The number of aliphatic hydroxyl groups is 1. The fourth-order valence-corrected chi connectivity index (χ4v) is 5.45. The molecule has 39 heavy (non-hydrogen) atoms. The van der Waals surface area contributed by atoms with E-state index in [1.165, 1.54) is 40.5 Å². The third-order valence-electron chi connectivity index (χ3n) is 6.15. The maximum atomic E-state index is 13.5. The summed E-state index contributed by atoms with van der Waals surface area (Å²) in [5.41, 5.74) is 0.987. The van der Waals surface area contributed by atoms with Crippen LogP contribution in [0.4, 0.5) is 10.8 Å². The smallest absolute Gasteiger partial charge is 0.301 e. The van der Waals surface area contributed by atoms with Crippen LogP contribution in [0.5, 0.6) is 11.5 Å². The lowest BCUT2D eigenvalue weighted by atomic mass is 9.95. The van der Waals surface area contributed by atoms with Crippen molar-refractivity contribution < 1.29 is 29.1 Å². The number of amides is 1. The summed E-state index contributed by atoms with van der Waals surface area (Å²) in [4.78, 5) is 43.4. The molecule has 0 bridgehead atoms. The van der Waals surface area contributed by atoms with Gasteiger partial charge in [-0.25, -0.2) is 4.98 Å². The lowest BCUT2D eigenvalue weighted by Gasteiger charge is -2.23. The second kappa shape index (κ2) is 10.5. The Balaban J connectivity index is 1.68. The van der Waals surface area contributed by atoms with Crippen LogP contribution in [0.25, 0.3) is 16.0 Å². The molecule has 1 N–H and O–H groups in total. The molecule has 10 nitrogen and oxygen atoms in total. The van der Waals surface area contributed by atoms with E-state index in [-0.39, 0.29) is 27.7 Å². The topological polar surface area (TPSA) is 132 Å². The number of rotatable bonds is 8. The van der Waals surface area contributed by atoms with Crippen LogP contribution in [0.2, 0.25) is 0 Å². The summed E-state index contributed by atoms with van der Waals surface area (Å²) in [6, 6.07) is 16.3. The quantitative estimate of drug-likeness (QED) is 0.0991. The number of ketones is 1. The van der Waals surface area contributed by atoms with Crippen LogP contribution >= 0.6 is 11.3 Å². The van der Waals surface area contributed by atoms with E-state index in [9.17, 15) is 24.8 Å². The van der Waals surface area contributed by atoms with Gasteiger partial charge in [0.1, 0.15) is 17.3 Å². The molecule has 1 unspecified atom stereocenters. The van der Waals surface area contributed by atoms with Crippen molar-refractivity contribution in [1.82, 2.24) is 4.98 Å². The summed E-state index contributed by atoms with van der Waals surface area (Å²) in [5.74, 6) is -1.03. The van der Waals surface area contributed by atoms with Gasteiger partial charge in [-0.1, -0.05) is 23.5 Å². The van der Waals surface area contributed by atoms with Crippen LogP contribution in [0.3, 0.4) is 0 Å². The zero-order valence-electron chi connectivity index (χ0n) is 21.0. The van der Waals surface area contributed by atoms with Gasteiger partial charge in [-0.3, -0.25) is 24.6 Å². The standard InChI is InChI=1S/C28H23N3O7S/c1-3-37-19-7-5-6-17(14-19)25(32)23-24(16-8-10-18(11-9-16)31(35)36)30(27(34)26(23)33)28-29-21-13-12-20(38-4-2)15-22(21)39-28/h5-15,24,32H,3-4H2,1-2H3. The monoisotopic (exact) mass is 545 g/mol. The second-order valence-corrected chi connectivity index (χ2v) is 9.55. The molecule has 0 radical (unpaired) electrons. The van der Waals surface area contributed by atoms with E-state index in [1.807, 2.05) is 13.8 Å². The number of fused-ring (bicyclic) bond motifs is 1. The van der Waals surface area contributed by atoms with Crippen LogP contribution in [-0.2, 0) is 9.59 Å². The van der Waals surface area contributed by atoms with E-state index >= 15 is 0 Å². The first-order valence-electron chi connectivity index (χ1n) is 12.1. The molecule has 3 aromatic carbocycles. The number of Topliss-reactive ketones (excluding diaryl/α,β-unsaturated/α-hetero) is 1. The number of thiazole rings is 1. The molecule has 1 fully saturated rings. The third-order valence-corrected chi connectivity index (χ3v) is 7.17. The molecule has 1 aromatic heterocycles. The summed E-state index contributed by atoms with van der Waals surface area (Å²) >= 11 is 1.19. The third kappa shape index (κ3) is 4.79. The van der Waals surface area contributed by atoms with Crippen LogP contribution < -0.4 is 14.4 Å². The Kier molecular flexibility index (Phi) is 6.99. The lowest BCUT2D eigenvalue weighted by Crippen LogP contribution is -2.29. The maximum absolute atomic E-state index is 13.5. The Labute approximate surface area is 226 Å². The Morgan fingerprint density at radius 3 is 2.38 bits per heavy atom. The highest BCUT2D eigenvalue weighted by Gasteiger charge is 2.48. The molecular weight excluding hydrogens is 522 g/mol. The lowest BCUT2D eigenvalue weighted by molar-refractivity contribution is -0.384. The highest BCUT2D eigenvalue weighted by molar-refractivity contribution is 7.22. The van der Waals surface area contributed by atoms with Crippen LogP contribution in [0.1, 0.15) is 31.0 Å². The van der Waals surface area contributed by atoms with Crippen molar-refractivity contribution >= 4 is 49.8 Å². The predicted octanol–water partition coefficient (Wildman–Crippen LogP) is 5.63. The van der Waals surface area contributed by atoms with Crippen LogP contribution in [0, 0.1) is 10.1 Å². The SMILES string of the molecule is CCOc1cccc(C(O)=C2C(=O)C(=O)N(c3nc4ccc(OCC)cc4s3)C2c2ccc([N+](=O)[O-])cc2)c1. The first-order valence-corrected chi connectivity index (χ1v) is 13.0. The average Bonchev–Trinajstić information content (AvgIpc) is 3.46. The van der Waals surface area contributed by atoms with Crippen LogP contribution in [0.15, 0.2) is 72.3 Å². The molecule has 1 aliphatic heterocycles. The number of hydrogen-bond acceptors (Lipinski definition) is 9. The summed E-state index contributed by atoms with van der Waals surface area (Å²) in [5, 5.41) is 22.8. The molecule has 198 valence electrons. The van der Waals surface area contributed by atoms with E-state index in [2.05, 4.69) is 4.98 Å². The number of ether oxygens (including phenoxy) is 2. The molecule has 0 saturated carbocycles. The van der Waals surface area contributed by atoms with Gasteiger partial charge in [-0.15, -0.1) is 0 Å². The minimum atomic E-state index is -1.08. The molecular formula is C28H23N3O7S. The van der Waals surface area contributed by atoms with E-state index in [0.29, 0.717) is 35.8 Å². The molecule has 5 rings (SSSR count). The summed E-state index contributed by atoms with van der Waals surface area (Å²) in [6.45, 7) is 4.58. The van der Waals surface area contributed by atoms with Crippen molar-refractivity contribution in [1.29, 1.82) is 0 Å². The zero-order chi connectivity index (χ0) is 27.7. The number of nitrogens with zero attached hydrogens (tertiary/aromatic N) is 3. The van der Waals surface area contributed by atoms with E-state index in [4.69, 9.17) is 9.47 Å². The first kappa shape index (κ1) is 25.9. The number of carbonyl (C=O) groups excluding carboxylic acids is 2. The van der Waals surface area contributed by atoms with Gasteiger partial charge in [-0.05, 0) is 61.9 Å². The molecule has 4 aromatic rings. The Morgan fingerprint density at radius 2 is 1.72 bits per heavy atom. The average molecular weight is 546 g/mol. The van der Waals surface area contributed by atoms with Crippen molar-refractivity contribution in [3.05, 3.63) is 93.5 Å². The fraction of sp³-hybridized carbons (Fsp3) is 0.179. The van der Waals surface area contributed by atoms with Gasteiger partial charge in [-0.2, -0.15) is 0 Å². The Morgan fingerprint density at radius 1 is 1.03 bits per heavy atom. The van der Waals surface area contributed by atoms with Crippen molar-refractivity contribution in [2.75, 3.05) is 18.1 Å². The van der Waals surface area contributed by atoms with Gasteiger partial charge in [0.2, 0.25) is 0 Å². The number of aromatic nitrogens is 1. The number of carbonyl (C=O) groups is 2. The van der Waals surface area contributed by atoms with Crippen LogP contribution in [-0.4, -0.2) is 39.9 Å². The van der Waals surface area contributed by atoms with Gasteiger partial charge >= 0.3 is 5.91 Å². The summed E-state index contributed by atoms with van der Waals surface area (Å²) < 4.78 is 11.8. The van der Waals surface area contributed by atoms with Crippen molar-refractivity contribution in [3.8, 4) is 11.5 Å². The first-order chi connectivity index (χ1) is 18.8. The number of benzene rings is 3. The molecule has 1 atom stereocenters. The van der Waals surface area contributed by atoms with E-state index < -0.39 is 22.7 Å². The molecule has 0 aliphatic carbocycles. The molecule has 11 heteroatoms. The molecule has 1 amide bonds. The number of anilines is 1. The number of aliphatic hydroxyl groups excluding tert-OH is 1. The van der Waals surface area contributed by atoms with Crippen molar-refractivity contribution in [3.63, 3.8) is 0 Å². The van der Waals surface area contributed by atoms with Gasteiger partial charge in [0.25, 0.3) is 11.5 Å². The molecule has 2 heterocycles.